The molecule has 1 saturated heterocycles. The molecule has 21 heavy (non-hydrogen) atoms. The third kappa shape index (κ3) is 3.61. The second-order valence-corrected chi connectivity index (χ2v) is 7.26. The van der Waals surface area contributed by atoms with Gasteiger partial charge in [-0.05, 0) is 26.0 Å². The molecule has 4 nitrogen and oxygen atoms in total. The Morgan fingerprint density at radius 2 is 2.10 bits per heavy atom. The molecule has 0 unspecified atom stereocenters. The van der Waals surface area contributed by atoms with Crippen molar-refractivity contribution in [3.8, 4) is 0 Å². The van der Waals surface area contributed by atoms with Crippen LogP contribution >= 0.6 is 11.8 Å². The fraction of sp³-hybridized carbons (Fsp3) is 0.538. The zero-order valence-corrected chi connectivity index (χ0v) is 12.5. The number of hydrogen-bond donors (Lipinski definition) is 1. The summed E-state index contributed by atoms with van der Waals surface area (Å²) in [5, 5.41) is 0. The zero-order chi connectivity index (χ0) is 15.8. The van der Waals surface area contributed by atoms with Crippen LogP contribution in [0.25, 0.3) is 0 Å². The van der Waals surface area contributed by atoms with Crippen molar-refractivity contribution in [3.63, 3.8) is 0 Å². The average Bonchev–Trinajstić information content (AvgIpc) is 2.35. The summed E-state index contributed by atoms with van der Waals surface area (Å²) in [4.78, 5) is 16.8. The smallest absolute Gasteiger partial charge is 0.365 e. The van der Waals surface area contributed by atoms with Gasteiger partial charge in [0.2, 0.25) is 0 Å². The Morgan fingerprint density at radius 1 is 1.43 bits per heavy atom. The number of primary amides is 1. The van der Waals surface area contributed by atoms with Crippen LogP contribution in [0.4, 0.5) is 19.0 Å². The maximum absolute atomic E-state index is 12.8. The summed E-state index contributed by atoms with van der Waals surface area (Å²) < 4.78 is 38.3. The fourth-order valence-corrected chi connectivity index (χ4v) is 3.35. The molecule has 0 bridgehead atoms. The first-order chi connectivity index (χ1) is 9.60. The van der Waals surface area contributed by atoms with Crippen LogP contribution in [0.3, 0.4) is 0 Å². The van der Waals surface area contributed by atoms with Crippen molar-refractivity contribution in [1.29, 1.82) is 0 Å². The van der Waals surface area contributed by atoms with Gasteiger partial charge in [-0.3, -0.25) is 4.79 Å². The molecule has 1 aliphatic rings. The van der Waals surface area contributed by atoms with E-state index < -0.39 is 17.8 Å². The van der Waals surface area contributed by atoms with Crippen LogP contribution in [0, 0.1) is 0 Å². The lowest BCUT2D eigenvalue weighted by molar-refractivity contribution is -0.141. The average molecular weight is 319 g/mol. The summed E-state index contributed by atoms with van der Waals surface area (Å²) in [6.45, 7) is 5.04. The van der Waals surface area contributed by atoms with E-state index in [2.05, 4.69) is 4.98 Å². The van der Waals surface area contributed by atoms with Gasteiger partial charge in [-0.25, -0.2) is 4.98 Å². The van der Waals surface area contributed by atoms with Crippen LogP contribution < -0.4 is 10.6 Å². The lowest BCUT2D eigenvalue weighted by atomic mass is 10.1. The summed E-state index contributed by atoms with van der Waals surface area (Å²) in [6.07, 6.45) is -4.55. The lowest BCUT2D eigenvalue weighted by Gasteiger charge is -2.38. The number of alkyl halides is 3. The quantitative estimate of drug-likeness (QED) is 0.910. The first-order valence-electron chi connectivity index (χ1n) is 6.37. The molecular weight excluding hydrogens is 303 g/mol. The molecule has 2 rings (SSSR count). The van der Waals surface area contributed by atoms with E-state index in [9.17, 15) is 18.0 Å². The van der Waals surface area contributed by atoms with Crippen molar-refractivity contribution < 1.29 is 18.0 Å². The number of anilines is 1. The third-order valence-electron chi connectivity index (χ3n) is 3.16. The number of rotatable bonds is 2. The van der Waals surface area contributed by atoms with Crippen LogP contribution in [0.1, 0.15) is 29.9 Å². The van der Waals surface area contributed by atoms with Crippen molar-refractivity contribution in [2.75, 3.05) is 23.7 Å². The monoisotopic (exact) mass is 319 g/mol. The number of thioether (sulfide) groups is 1. The van der Waals surface area contributed by atoms with Gasteiger partial charge < -0.3 is 10.6 Å². The summed E-state index contributed by atoms with van der Waals surface area (Å²) in [6, 6.07) is 1.88. The van der Waals surface area contributed by atoms with E-state index in [1.165, 1.54) is 0 Å². The molecule has 8 heteroatoms. The number of pyridine rings is 1. The second kappa shape index (κ2) is 5.40. The number of halogens is 3. The highest BCUT2D eigenvalue weighted by atomic mass is 32.2. The summed E-state index contributed by atoms with van der Waals surface area (Å²) >= 11 is 1.73. The summed E-state index contributed by atoms with van der Waals surface area (Å²) in [5.41, 5.74) is 4.26. The van der Waals surface area contributed by atoms with Gasteiger partial charge in [-0.2, -0.15) is 24.9 Å². The molecule has 0 aromatic carbocycles. The first kappa shape index (κ1) is 15.9. The number of hydrogen-bond acceptors (Lipinski definition) is 4. The van der Waals surface area contributed by atoms with Gasteiger partial charge in [-0.15, -0.1) is 0 Å². The van der Waals surface area contributed by atoms with Crippen LogP contribution in [-0.2, 0) is 6.18 Å². The molecule has 1 aromatic heterocycles. The van der Waals surface area contributed by atoms with E-state index in [4.69, 9.17) is 5.73 Å². The maximum Gasteiger partial charge on any atom is 0.433 e. The van der Waals surface area contributed by atoms with Crippen molar-refractivity contribution >= 4 is 23.5 Å². The molecule has 2 heterocycles. The van der Waals surface area contributed by atoms with Gasteiger partial charge in [0, 0.05) is 23.6 Å². The van der Waals surface area contributed by atoms with Crippen LogP contribution in [-0.4, -0.2) is 34.5 Å². The molecule has 1 amide bonds. The number of aromatic nitrogens is 1. The van der Waals surface area contributed by atoms with Gasteiger partial charge >= 0.3 is 6.18 Å². The Labute approximate surface area is 124 Å². The summed E-state index contributed by atoms with van der Waals surface area (Å²) in [5.74, 6) is -0.00342. The predicted octanol–water partition coefficient (Wildman–Crippen LogP) is 2.53. The first-order valence-corrected chi connectivity index (χ1v) is 7.36. The number of nitrogens with zero attached hydrogens (tertiary/aromatic N) is 2. The fourth-order valence-electron chi connectivity index (χ4n) is 2.24. The molecule has 0 spiro atoms. The normalized spacial score (nSPS) is 18.6. The zero-order valence-electron chi connectivity index (χ0n) is 11.7. The number of nitrogens with two attached hydrogens (primary N) is 1. The molecule has 2 N–H and O–H groups in total. The molecular formula is C13H16F3N3OS. The van der Waals surface area contributed by atoms with Gasteiger partial charge in [0.15, 0.2) is 0 Å². The van der Waals surface area contributed by atoms with Crippen LogP contribution in [0.5, 0.6) is 0 Å². The lowest BCUT2D eigenvalue weighted by Crippen LogP contribution is -2.44. The van der Waals surface area contributed by atoms with Gasteiger partial charge in [0.1, 0.15) is 11.5 Å². The molecule has 1 fully saturated rings. The van der Waals surface area contributed by atoms with Crippen LogP contribution in [0.15, 0.2) is 12.1 Å². The minimum atomic E-state index is -4.55. The van der Waals surface area contributed by atoms with Gasteiger partial charge in [0.25, 0.3) is 5.91 Å². The Bertz CT molecular complexity index is 560. The van der Waals surface area contributed by atoms with Crippen molar-refractivity contribution in [2.45, 2.75) is 24.8 Å². The molecule has 0 atom stereocenters. The van der Waals surface area contributed by atoms with E-state index in [0.29, 0.717) is 13.1 Å². The molecule has 1 aliphatic heterocycles. The highest BCUT2D eigenvalue weighted by Crippen LogP contribution is 2.35. The maximum atomic E-state index is 12.8. The van der Waals surface area contributed by atoms with E-state index in [1.54, 1.807) is 16.7 Å². The van der Waals surface area contributed by atoms with Crippen molar-refractivity contribution in [1.82, 2.24) is 4.98 Å². The van der Waals surface area contributed by atoms with E-state index >= 15 is 0 Å². The number of carbonyl (C=O) groups excluding carboxylic acids is 1. The van der Waals surface area contributed by atoms with E-state index in [-0.39, 0.29) is 16.1 Å². The molecule has 116 valence electrons. The number of amides is 1. The molecule has 1 aromatic rings. The van der Waals surface area contributed by atoms with Gasteiger partial charge in [0.05, 0.1) is 5.56 Å². The Kier molecular flexibility index (Phi) is 4.10. The third-order valence-corrected chi connectivity index (χ3v) is 4.45. The highest BCUT2D eigenvalue weighted by Gasteiger charge is 2.35. The Balaban J connectivity index is 2.46. The SMILES string of the molecule is CC1(C)CN(c2nc(C(F)(F)F)ccc2C(N)=O)CCS1. The van der Waals surface area contributed by atoms with Crippen LogP contribution in [0.2, 0.25) is 0 Å². The standard InChI is InChI=1S/C13H16F3N3OS/c1-12(2)7-19(5-6-21-12)11-8(10(17)20)3-4-9(18-11)13(14,15)16/h3-4H,5-7H2,1-2H3,(H2,17,20). The number of carbonyl (C=O) groups is 1. The molecule has 0 aliphatic carbocycles. The largest absolute Gasteiger partial charge is 0.433 e. The predicted molar refractivity (Wildman–Crippen MR) is 76.5 cm³/mol. The Hall–Kier alpha value is -1.44. The second-order valence-electron chi connectivity index (χ2n) is 5.46. The van der Waals surface area contributed by atoms with Crippen molar-refractivity contribution in [3.05, 3.63) is 23.4 Å². The topological polar surface area (TPSA) is 59.2 Å². The minimum absolute atomic E-state index is 0.0192. The van der Waals surface area contributed by atoms with Crippen molar-refractivity contribution in [2.24, 2.45) is 5.73 Å². The summed E-state index contributed by atoms with van der Waals surface area (Å²) in [7, 11) is 0. The molecule has 0 radical (unpaired) electrons. The highest BCUT2D eigenvalue weighted by molar-refractivity contribution is 8.00. The minimum Gasteiger partial charge on any atom is -0.365 e. The molecule has 0 saturated carbocycles. The van der Waals surface area contributed by atoms with E-state index in [0.717, 1.165) is 17.9 Å². The van der Waals surface area contributed by atoms with Gasteiger partial charge in [-0.1, -0.05) is 0 Å². The Morgan fingerprint density at radius 3 is 2.62 bits per heavy atom. The van der Waals surface area contributed by atoms with E-state index in [1.807, 2.05) is 13.8 Å².